The van der Waals surface area contributed by atoms with Gasteiger partial charge in [0.25, 0.3) is 0 Å². The molecule has 0 aromatic carbocycles. The molecule has 0 saturated heterocycles. The highest BCUT2D eigenvalue weighted by molar-refractivity contribution is 5.47. The van der Waals surface area contributed by atoms with Gasteiger partial charge in [-0.1, -0.05) is 13.8 Å². The number of hydrogen-bond acceptors (Lipinski definition) is 4. The Morgan fingerprint density at radius 3 is 2.43 bits per heavy atom. The van der Waals surface area contributed by atoms with Crippen molar-refractivity contribution in [1.29, 1.82) is 0 Å². The van der Waals surface area contributed by atoms with Crippen molar-refractivity contribution in [2.24, 2.45) is 11.8 Å². The van der Waals surface area contributed by atoms with Crippen LogP contribution in [0.3, 0.4) is 0 Å². The highest BCUT2D eigenvalue weighted by Gasteiger charge is 2.25. The van der Waals surface area contributed by atoms with Crippen LogP contribution in [-0.4, -0.2) is 9.97 Å². The summed E-state index contributed by atoms with van der Waals surface area (Å²) >= 11 is 0. The smallest absolute Gasteiger partial charge is 0.222 e. The van der Waals surface area contributed by atoms with Gasteiger partial charge < -0.3 is 11.5 Å². The van der Waals surface area contributed by atoms with E-state index >= 15 is 0 Å². The molecule has 0 bridgehead atoms. The zero-order valence-corrected chi connectivity index (χ0v) is 8.62. The summed E-state index contributed by atoms with van der Waals surface area (Å²) in [6.45, 7) is 4.48. The van der Waals surface area contributed by atoms with Gasteiger partial charge in [0.1, 0.15) is 5.82 Å². The molecular formula is C10H16N4. The van der Waals surface area contributed by atoms with Gasteiger partial charge in [0.2, 0.25) is 5.95 Å². The average molecular weight is 192 g/mol. The fraction of sp³-hybridized carbons (Fsp3) is 0.600. The molecular weight excluding hydrogens is 176 g/mol. The molecule has 1 aromatic rings. The summed E-state index contributed by atoms with van der Waals surface area (Å²) in [5.74, 6) is 2.16. The van der Waals surface area contributed by atoms with Gasteiger partial charge in [0.05, 0.1) is 5.69 Å². The number of fused-ring (bicyclic) bond motifs is 1. The predicted octanol–water partition coefficient (Wildman–Crippen LogP) is 1.01. The third-order valence-electron chi connectivity index (χ3n) is 3.15. The Morgan fingerprint density at radius 1 is 1.07 bits per heavy atom. The molecule has 0 aliphatic heterocycles. The summed E-state index contributed by atoms with van der Waals surface area (Å²) in [6, 6.07) is 0. The van der Waals surface area contributed by atoms with Crippen molar-refractivity contribution in [3.05, 3.63) is 11.3 Å². The monoisotopic (exact) mass is 192 g/mol. The van der Waals surface area contributed by atoms with Crippen molar-refractivity contribution in [2.75, 3.05) is 11.5 Å². The van der Waals surface area contributed by atoms with Crippen LogP contribution >= 0.6 is 0 Å². The molecule has 1 aromatic heterocycles. The highest BCUT2D eigenvalue weighted by Crippen LogP contribution is 2.31. The Bertz CT molecular complexity index is 361. The second kappa shape index (κ2) is 3.12. The van der Waals surface area contributed by atoms with Crippen LogP contribution in [0.1, 0.15) is 25.1 Å². The Hall–Kier alpha value is -1.32. The number of anilines is 2. The molecule has 1 aliphatic carbocycles. The zero-order chi connectivity index (χ0) is 10.3. The third kappa shape index (κ3) is 1.41. The molecule has 4 N–H and O–H groups in total. The average Bonchev–Trinajstić information content (AvgIpc) is 2.08. The lowest BCUT2D eigenvalue weighted by atomic mass is 9.80. The number of rotatable bonds is 0. The third-order valence-corrected chi connectivity index (χ3v) is 3.15. The minimum Gasteiger partial charge on any atom is -0.383 e. The minimum absolute atomic E-state index is 0.294. The maximum Gasteiger partial charge on any atom is 0.222 e. The van der Waals surface area contributed by atoms with Crippen LogP contribution in [-0.2, 0) is 12.8 Å². The van der Waals surface area contributed by atoms with Gasteiger partial charge in [-0.3, -0.25) is 0 Å². The van der Waals surface area contributed by atoms with E-state index < -0.39 is 0 Å². The lowest BCUT2D eigenvalue weighted by Gasteiger charge is -2.27. The molecule has 0 spiro atoms. The van der Waals surface area contributed by atoms with Crippen molar-refractivity contribution >= 4 is 11.8 Å². The molecule has 0 fully saturated rings. The molecule has 4 nitrogen and oxygen atoms in total. The van der Waals surface area contributed by atoms with E-state index in [9.17, 15) is 0 Å². The van der Waals surface area contributed by atoms with E-state index in [2.05, 4.69) is 23.8 Å². The van der Waals surface area contributed by atoms with E-state index in [-0.39, 0.29) is 0 Å². The summed E-state index contributed by atoms with van der Waals surface area (Å²) in [4.78, 5) is 8.24. The Kier molecular flexibility index (Phi) is 2.06. The van der Waals surface area contributed by atoms with Crippen LogP contribution in [0.15, 0.2) is 0 Å². The quantitative estimate of drug-likeness (QED) is 0.643. The van der Waals surface area contributed by atoms with Crippen molar-refractivity contribution in [1.82, 2.24) is 9.97 Å². The van der Waals surface area contributed by atoms with Gasteiger partial charge >= 0.3 is 0 Å². The molecule has 1 heterocycles. The number of hydrogen-bond donors (Lipinski definition) is 2. The lowest BCUT2D eigenvalue weighted by Crippen LogP contribution is -2.24. The number of nitrogens with zero attached hydrogens (tertiary/aromatic N) is 2. The van der Waals surface area contributed by atoms with Gasteiger partial charge in [0.15, 0.2) is 0 Å². The van der Waals surface area contributed by atoms with Gasteiger partial charge in [0, 0.05) is 5.56 Å². The molecule has 76 valence electrons. The topological polar surface area (TPSA) is 77.8 Å². The SMILES string of the molecule is C[C@@H]1Cc2nc(N)nc(N)c2C[C@H]1C. The molecule has 4 heteroatoms. The van der Waals surface area contributed by atoms with Gasteiger partial charge in [-0.05, 0) is 24.7 Å². The molecule has 0 saturated carbocycles. The Morgan fingerprint density at radius 2 is 1.71 bits per heavy atom. The zero-order valence-electron chi connectivity index (χ0n) is 8.62. The van der Waals surface area contributed by atoms with E-state index in [1.165, 1.54) is 0 Å². The molecule has 2 atom stereocenters. The van der Waals surface area contributed by atoms with Gasteiger partial charge in [-0.2, -0.15) is 4.98 Å². The summed E-state index contributed by atoms with van der Waals surface area (Å²) in [6.07, 6.45) is 1.94. The molecule has 2 rings (SSSR count). The van der Waals surface area contributed by atoms with E-state index in [1.807, 2.05) is 0 Å². The summed E-state index contributed by atoms with van der Waals surface area (Å²) in [5, 5.41) is 0. The first-order valence-corrected chi connectivity index (χ1v) is 4.98. The van der Waals surface area contributed by atoms with Crippen molar-refractivity contribution < 1.29 is 0 Å². The van der Waals surface area contributed by atoms with Crippen molar-refractivity contribution in [2.45, 2.75) is 26.7 Å². The molecule has 14 heavy (non-hydrogen) atoms. The Balaban J connectivity index is 2.46. The summed E-state index contributed by atoms with van der Waals surface area (Å²) < 4.78 is 0. The fourth-order valence-corrected chi connectivity index (χ4v) is 1.99. The molecule has 0 radical (unpaired) electrons. The summed E-state index contributed by atoms with van der Waals surface area (Å²) in [5.41, 5.74) is 13.5. The maximum atomic E-state index is 5.82. The molecule has 0 amide bonds. The van der Waals surface area contributed by atoms with Crippen LogP contribution in [0.25, 0.3) is 0 Å². The van der Waals surface area contributed by atoms with Crippen molar-refractivity contribution in [3.63, 3.8) is 0 Å². The molecule has 0 unspecified atom stereocenters. The number of nitrogens with two attached hydrogens (primary N) is 2. The first kappa shape index (κ1) is 9.24. The first-order chi connectivity index (χ1) is 6.58. The number of nitrogen functional groups attached to an aromatic ring is 2. The van der Waals surface area contributed by atoms with E-state index in [0.29, 0.717) is 23.6 Å². The van der Waals surface area contributed by atoms with Crippen LogP contribution < -0.4 is 11.5 Å². The van der Waals surface area contributed by atoms with E-state index in [0.717, 1.165) is 24.1 Å². The molecule has 1 aliphatic rings. The largest absolute Gasteiger partial charge is 0.383 e. The maximum absolute atomic E-state index is 5.82. The van der Waals surface area contributed by atoms with E-state index in [1.54, 1.807) is 0 Å². The van der Waals surface area contributed by atoms with Crippen LogP contribution in [0.2, 0.25) is 0 Å². The van der Waals surface area contributed by atoms with Crippen LogP contribution in [0.4, 0.5) is 11.8 Å². The van der Waals surface area contributed by atoms with Crippen LogP contribution in [0, 0.1) is 11.8 Å². The predicted molar refractivity (Wildman–Crippen MR) is 56.6 cm³/mol. The number of aromatic nitrogens is 2. The second-order valence-electron chi connectivity index (χ2n) is 4.26. The van der Waals surface area contributed by atoms with Gasteiger partial charge in [-0.15, -0.1) is 0 Å². The van der Waals surface area contributed by atoms with Gasteiger partial charge in [-0.25, -0.2) is 4.98 Å². The lowest BCUT2D eigenvalue weighted by molar-refractivity contribution is 0.356. The second-order valence-corrected chi connectivity index (χ2v) is 4.26. The van der Waals surface area contributed by atoms with E-state index in [4.69, 9.17) is 11.5 Å². The van der Waals surface area contributed by atoms with Crippen LogP contribution in [0.5, 0.6) is 0 Å². The normalized spacial score (nSPS) is 25.9. The first-order valence-electron chi connectivity index (χ1n) is 4.98. The van der Waals surface area contributed by atoms with Crippen molar-refractivity contribution in [3.8, 4) is 0 Å². The standard InChI is InChI=1S/C10H16N4/c1-5-3-7-8(4-6(5)2)13-10(12)14-9(7)11/h5-6H,3-4H2,1-2H3,(H4,11,12,13,14)/t5-,6-/m1/s1. The fourth-order valence-electron chi connectivity index (χ4n) is 1.99. The Labute approximate surface area is 83.7 Å². The summed E-state index contributed by atoms with van der Waals surface area (Å²) in [7, 11) is 0. The highest BCUT2D eigenvalue weighted by atomic mass is 15.0. The minimum atomic E-state index is 0.294.